The summed E-state index contributed by atoms with van der Waals surface area (Å²) in [6.07, 6.45) is 8.63. The van der Waals surface area contributed by atoms with Crippen LogP contribution in [0.3, 0.4) is 0 Å². The van der Waals surface area contributed by atoms with E-state index < -0.39 is 0 Å². The summed E-state index contributed by atoms with van der Waals surface area (Å²) in [6, 6.07) is 0. The molecule has 26 heavy (non-hydrogen) atoms. The zero-order valence-corrected chi connectivity index (χ0v) is 19.0. The largest absolute Gasteiger partial charge is 0.357 e. The predicted octanol–water partition coefficient (Wildman–Crippen LogP) is 3.60. The van der Waals surface area contributed by atoms with E-state index in [0.29, 0.717) is 12.0 Å². The van der Waals surface area contributed by atoms with Crippen LogP contribution in [0.4, 0.5) is 0 Å². The molecule has 0 aliphatic carbocycles. The Morgan fingerprint density at radius 2 is 2.04 bits per heavy atom. The predicted molar refractivity (Wildman–Crippen MR) is 117 cm³/mol. The lowest BCUT2D eigenvalue weighted by Gasteiger charge is -2.42. The van der Waals surface area contributed by atoms with Gasteiger partial charge in [-0.3, -0.25) is 0 Å². The van der Waals surface area contributed by atoms with Gasteiger partial charge in [0.15, 0.2) is 11.8 Å². The van der Waals surface area contributed by atoms with Gasteiger partial charge in [-0.2, -0.15) is 0 Å². The van der Waals surface area contributed by atoms with Crippen molar-refractivity contribution in [2.75, 3.05) is 19.6 Å². The lowest BCUT2D eigenvalue weighted by molar-refractivity contribution is 0.142. The summed E-state index contributed by atoms with van der Waals surface area (Å²) in [5.41, 5.74) is 0.414. The summed E-state index contributed by atoms with van der Waals surface area (Å²) in [5.74, 6) is 3.19. The Labute approximate surface area is 175 Å². The molecule has 3 heterocycles. The maximum absolute atomic E-state index is 4.92. The lowest BCUT2D eigenvalue weighted by atomic mass is 9.78. The molecular weight excluding hydrogens is 439 g/mol. The van der Waals surface area contributed by atoms with E-state index in [2.05, 4.69) is 45.8 Å². The highest BCUT2D eigenvalue weighted by Gasteiger charge is 2.31. The smallest absolute Gasteiger partial charge is 0.194 e. The minimum Gasteiger partial charge on any atom is -0.357 e. The molecule has 148 valence electrons. The number of halogens is 1. The summed E-state index contributed by atoms with van der Waals surface area (Å²) in [7, 11) is 0. The van der Waals surface area contributed by atoms with E-state index in [-0.39, 0.29) is 24.0 Å². The van der Waals surface area contributed by atoms with Crippen LogP contribution in [-0.4, -0.2) is 45.3 Å². The van der Waals surface area contributed by atoms with Crippen molar-refractivity contribution in [1.29, 1.82) is 0 Å². The number of rotatable bonds is 5. The average Bonchev–Trinajstić information content (AvgIpc) is 3.02. The first kappa shape index (κ1) is 21.4. The fraction of sp³-hybridized carbons (Fsp3) is 0.842. The summed E-state index contributed by atoms with van der Waals surface area (Å²) < 4.78 is 2.27. The molecule has 2 aliphatic rings. The maximum atomic E-state index is 4.92. The van der Waals surface area contributed by atoms with Crippen LogP contribution >= 0.6 is 24.0 Å². The standard InChI is InChI=1S/C19H34N6.HI/c1-4-10-19(3)11-8-12-24(15-19)18(20-5-2)21-14-17-23-22-16-9-6-7-13-25(16)17;/h4-15H2,1-3H3,(H,20,21);1H. The van der Waals surface area contributed by atoms with E-state index in [1.165, 1.54) is 38.5 Å². The fourth-order valence-corrected chi connectivity index (χ4v) is 4.36. The van der Waals surface area contributed by atoms with Gasteiger partial charge in [0.05, 0.1) is 0 Å². The second-order valence-corrected chi connectivity index (χ2v) is 7.90. The van der Waals surface area contributed by atoms with E-state index in [1.54, 1.807) is 0 Å². The molecule has 7 heteroatoms. The molecule has 1 unspecified atom stereocenters. The topological polar surface area (TPSA) is 58.3 Å². The average molecular weight is 474 g/mol. The van der Waals surface area contributed by atoms with Gasteiger partial charge in [-0.25, -0.2) is 4.99 Å². The first-order valence-corrected chi connectivity index (χ1v) is 10.1. The van der Waals surface area contributed by atoms with Crippen LogP contribution in [0.1, 0.15) is 70.9 Å². The van der Waals surface area contributed by atoms with Gasteiger partial charge in [-0.1, -0.05) is 20.3 Å². The quantitative estimate of drug-likeness (QED) is 0.403. The highest BCUT2D eigenvalue weighted by atomic mass is 127. The molecule has 0 spiro atoms. The van der Waals surface area contributed by atoms with Gasteiger partial charge in [0.1, 0.15) is 12.4 Å². The van der Waals surface area contributed by atoms with Gasteiger partial charge in [0, 0.05) is 32.6 Å². The van der Waals surface area contributed by atoms with Gasteiger partial charge in [0.25, 0.3) is 0 Å². The van der Waals surface area contributed by atoms with Gasteiger partial charge in [-0.15, -0.1) is 34.2 Å². The molecule has 1 atom stereocenters. The number of aromatic nitrogens is 3. The Morgan fingerprint density at radius 1 is 1.19 bits per heavy atom. The molecule has 0 saturated carbocycles. The van der Waals surface area contributed by atoms with E-state index >= 15 is 0 Å². The van der Waals surface area contributed by atoms with Crippen LogP contribution in [0.15, 0.2) is 4.99 Å². The minimum atomic E-state index is 0. The minimum absolute atomic E-state index is 0. The highest BCUT2D eigenvalue weighted by Crippen LogP contribution is 2.34. The van der Waals surface area contributed by atoms with Crippen molar-refractivity contribution in [3.8, 4) is 0 Å². The Bertz CT molecular complexity index is 595. The SMILES string of the molecule is CCCC1(C)CCCN(C(=NCc2nnc3n2CCCC3)NCC)C1.I. The van der Waals surface area contributed by atoms with E-state index in [9.17, 15) is 0 Å². The molecule has 6 nitrogen and oxygen atoms in total. The second-order valence-electron chi connectivity index (χ2n) is 7.90. The van der Waals surface area contributed by atoms with Crippen LogP contribution < -0.4 is 5.32 Å². The van der Waals surface area contributed by atoms with Crippen molar-refractivity contribution in [3.05, 3.63) is 11.6 Å². The molecule has 0 bridgehead atoms. The Kier molecular flexibility index (Phi) is 8.16. The van der Waals surface area contributed by atoms with Crippen molar-refractivity contribution in [1.82, 2.24) is 25.0 Å². The van der Waals surface area contributed by atoms with Crippen LogP contribution in [0.5, 0.6) is 0 Å². The molecule has 0 aromatic carbocycles. The maximum Gasteiger partial charge on any atom is 0.194 e. The molecule has 1 saturated heterocycles. The van der Waals surface area contributed by atoms with Gasteiger partial charge in [-0.05, 0) is 44.4 Å². The van der Waals surface area contributed by atoms with Gasteiger partial charge >= 0.3 is 0 Å². The second kappa shape index (κ2) is 9.90. The van der Waals surface area contributed by atoms with Crippen molar-refractivity contribution in [2.45, 2.75) is 78.8 Å². The number of hydrogen-bond acceptors (Lipinski definition) is 3. The number of nitrogens with zero attached hydrogens (tertiary/aromatic N) is 5. The molecule has 1 aromatic rings. The number of nitrogens with one attached hydrogen (secondary N) is 1. The number of piperidine rings is 1. The monoisotopic (exact) mass is 474 g/mol. The number of aryl methyl sites for hydroxylation is 1. The highest BCUT2D eigenvalue weighted by molar-refractivity contribution is 14.0. The van der Waals surface area contributed by atoms with Crippen LogP contribution in [0.25, 0.3) is 0 Å². The third kappa shape index (κ3) is 5.10. The first-order valence-electron chi connectivity index (χ1n) is 10.1. The third-order valence-electron chi connectivity index (χ3n) is 5.58. The normalized spacial score (nSPS) is 23.3. The zero-order chi connectivity index (χ0) is 17.7. The molecule has 1 N–H and O–H groups in total. The molecule has 1 aromatic heterocycles. The lowest BCUT2D eigenvalue weighted by Crippen LogP contribution is -2.49. The van der Waals surface area contributed by atoms with Gasteiger partial charge in [0.2, 0.25) is 0 Å². The summed E-state index contributed by atoms with van der Waals surface area (Å²) in [4.78, 5) is 7.38. The van der Waals surface area contributed by atoms with Crippen LogP contribution in [0, 0.1) is 5.41 Å². The number of aliphatic imine (C=N–C) groups is 1. The fourth-order valence-electron chi connectivity index (χ4n) is 4.36. The Balaban J connectivity index is 0.00000243. The number of fused-ring (bicyclic) bond motifs is 1. The summed E-state index contributed by atoms with van der Waals surface area (Å²) >= 11 is 0. The third-order valence-corrected chi connectivity index (χ3v) is 5.58. The number of guanidine groups is 1. The van der Waals surface area contributed by atoms with Gasteiger partial charge < -0.3 is 14.8 Å². The summed E-state index contributed by atoms with van der Waals surface area (Å²) in [6.45, 7) is 11.6. The van der Waals surface area contributed by atoms with Crippen molar-refractivity contribution >= 4 is 29.9 Å². The van der Waals surface area contributed by atoms with E-state index in [0.717, 1.165) is 50.2 Å². The molecule has 1 fully saturated rings. The van der Waals surface area contributed by atoms with Crippen molar-refractivity contribution in [3.63, 3.8) is 0 Å². The van der Waals surface area contributed by atoms with Crippen LogP contribution in [-0.2, 0) is 19.5 Å². The Hall–Kier alpha value is -0.860. The molecule has 2 aliphatic heterocycles. The Morgan fingerprint density at radius 3 is 2.81 bits per heavy atom. The molecule has 3 rings (SSSR count). The summed E-state index contributed by atoms with van der Waals surface area (Å²) in [5, 5.41) is 12.2. The molecular formula is C19H35IN6. The zero-order valence-electron chi connectivity index (χ0n) is 16.6. The van der Waals surface area contributed by atoms with Crippen molar-refractivity contribution < 1.29 is 0 Å². The van der Waals surface area contributed by atoms with E-state index in [1.807, 2.05) is 0 Å². The number of likely N-dealkylation sites (tertiary alicyclic amines) is 1. The number of hydrogen-bond donors (Lipinski definition) is 1. The molecule has 0 radical (unpaired) electrons. The first-order chi connectivity index (χ1) is 12.1. The van der Waals surface area contributed by atoms with E-state index in [4.69, 9.17) is 4.99 Å². The van der Waals surface area contributed by atoms with Crippen molar-refractivity contribution in [2.24, 2.45) is 10.4 Å². The molecule has 0 amide bonds. The van der Waals surface area contributed by atoms with Crippen LogP contribution in [0.2, 0.25) is 0 Å².